The zero-order valence-corrected chi connectivity index (χ0v) is 9.42. The molecule has 0 radical (unpaired) electrons. The van der Waals surface area contributed by atoms with Gasteiger partial charge in [0.2, 0.25) is 0 Å². The molecule has 1 aromatic carbocycles. The Bertz CT molecular complexity index is 374. The second-order valence-corrected chi connectivity index (χ2v) is 4.28. The summed E-state index contributed by atoms with van der Waals surface area (Å²) in [6, 6.07) is 6.16. The van der Waals surface area contributed by atoms with E-state index in [1.54, 1.807) is 12.1 Å². The molecule has 94 valence electrons. The van der Waals surface area contributed by atoms with Crippen molar-refractivity contribution in [1.82, 2.24) is 5.32 Å². The molecule has 0 bridgehead atoms. The van der Waals surface area contributed by atoms with Crippen LogP contribution in [0.2, 0.25) is 0 Å². The van der Waals surface area contributed by atoms with Gasteiger partial charge in [0.1, 0.15) is 5.75 Å². The number of hydrogen-bond donors (Lipinski definition) is 1. The zero-order valence-electron chi connectivity index (χ0n) is 9.42. The van der Waals surface area contributed by atoms with Crippen molar-refractivity contribution in [2.75, 3.05) is 13.6 Å². The van der Waals surface area contributed by atoms with Crippen LogP contribution < -0.4 is 10.1 Å². The Morgan fingerprint density at radius 2 is 1.94 bits per heavy atom. The number of ether oxygens (including phenoxy) is 1. The Kier molecular flexibility index (Phi) is 3.28. The molecule has 0 amide bonds. The number of nitrogens with one attached hydrogen (secondary N) is 1. The second kappa shape index (κ2) is 4.56. The molecule has 2 rings (SSSR count). The first kappa shape index (κ1) is 12.2. The van der Waals surface area contributed by atoms with E-state index < -0.39 is 6.36 Å². The first-order valence-electron chi connectivity index (χ1n) is 5.50. The maximum Gasteiger partial charge on any atom is 0.573 e. The molecule has 1 aliphatic carbocycles. The highest BCUT2D eigenvalue weighted by atomic mass is 19.4. The molecule has 1 N–H and O–H groups in total. The summed E-state index contributed by atoms with van der Waals surface area (Å²) in [5, 5.41) is 3.10. The molecule has 1 aliphatic rings. The summed E-state index contributed by atoms with van der Waals surface area (Å²) in [6.07, 6.45) is -3.52. The zero-order chi connectivity index (χ0) is 12.5. The van der Waals surface area contributed by atoms with Crippen LogP contribution >= 0.6 is 0 Å². The molecule has 0 heterocycles. The van der Waals surface area contributed by atoms with Crippen LogP contribution in [0.3, 0.4) is 0 Å². The van der Waals surface area contributed by atoms with E-state index in [4.69, 9.17) is 0 Å². The third-order valence-corrected chi connectivity index (χ3v) is 2.93. The molecule has 0 aliphatic heterocycles. The van der Waals surface area contributed by atoms with Crippen LogP contribution in [0.5, 0.6) is 5.75 Å². The Balaban J connectivity index is 1.95. The maximum absolute atomic E-state index is 11.9. The van der Waals surface area contributed by atoms with E-state index in [1.165, 1.54) is 12.1 Å². The minimum atomic E-state index is -4.62. The predicted octanol–water partition coefficient (Wildman–Crippen LogP) is 2.91. The van der Waals surface area contributed by atoms with Gasteiger partial charge in [0.25, 0.3) is 0 Å². The molecular formula is C12H14F3NO. The molecule has 0 aromatic heterocycles. The van der Waals surface area contributed by atoms with Crippen molar-refractivity contribution in [1.29, 1.82) is 0 Å². The maximum atomic E-state index is 11.9. The number of alkyl halides is 3. The van der Waals surface area contributed by atoms with Crippen molar-refractivity contribution in [2.24, 2.45) is 5.92 Å². The Morgan fingerprint density at radius 1 is 1.29 bits per heavy atom. The van der Waals surface area contributed by atoms with Gasteiger partial charge in [0, 0.05) is 0 Å². The molecule has 17 heavy (non-hydrogen) atoms. The van der Waals surface area contributed by atoms with Gasteiger partial charge in [-0.05, 0) is 49.5 Å². The summed E-state index contributed by atoms with van der Waals surface area (Å²) >= 11 is 0. The molecule has 1 fully saturated rings. The predicted molar refractivity (Wildman–Crippen MR) is 57.9 cm³/mol. The van der Waals surface area contributed by atoms with Gasteiger partial charge < -0.3 is 10.1 Å². The van der Waals surface area contributed by atoms with E-state index in [1.807, 2.05) is 7.05 Å². The summed E-state index contributed by atoms with van der Waals surface area (Å²) in [7, 11) is 1.90. The summed E-state index contributed by atoms with van der Waals surface area (Å²) in [5.41, 5.74) is 1.08. The summed E-state index contributed by atoms with van der Waals surface area (Å²) in [5.74, 6) is 0.920. The van der Waals surface area contributed by atoms with Crippen LogP contribution in [-0.4, -0.2) is 20.0 Å². The van der Waals surface area contributed by atoms with E-state index in [2.05, 4.69) is 10.1 Å². The first-order chi connectivity index (χ1) is 7.99. The van der Waals surface area contributed by atoms with Crippen molar-refractivity contribution < 1.29 is 17.9 Å². The highest BCUT2D eigenvalue weighted by molar-refractivity contribution is 5.32. The molecule has 1 saturated carbocycles. The van der Waals surface area contributed by atoms with Crippen molar-refractivity contribution in [3.05, 3.63) is 29.8 Å². The van der Waals surface area contributed by atoms with Crippen LogP contribution in [0.25, 0.3) is 0 Å². The Hall–Kier alpha value is -1.23. The van der Waals surface area contributed by atoms with Gasteiger partial charge >= 0.3 is 6.36 Å². The van der Waals surface area contributed by atoms with Gasteiger partial charge in [-0.1, -0.05) is 12.1 Å². The molecule has 5 heteroatoms. The van der Waals surface area contributed by atoms with E-state index in [9.17, 15) is 13.2 Å². The van der Waals surface area contributed by atoms with Gasteiger partial charge in [-0.3, -0.25) is 0 Å². The van der Waals surface area contributed by atoms with Crippen molar-refractivity contribution in [3.63, 3.8) is 0 Å². The van der Waals surface area contributed by atoms with Crippen LogP contribution in [0.15, 0.2) is 24.3 Å². The number of benzene rings is 1. The average molecular weight is 245 g/mol. The smallest absolute Gasteiger partial charge is 0.406 e. The van der Waals surface area contributed by atoms with Gasteiger partial charge in [0.15, 0.2) is 0 Å². The van der Waals surface area contributed by atoms with Gasteiger partial charge in [-0.15, -0.1) is 13.2 Å². The fraction of sp³-hybridized carbons (Fsp3) is 0.500. The van der Waals surface area contributed by atoms with E-state index in [0.717, 1.165) is 18.5 Å². The summed E-state index contributed by atoms with van der Waals surface area (Å²) < 4.78 is 39.7. The SMILES string of the molecule is CNCC1CC1c1ccc(OC(F)(F)F)cc1. The average Bonchev–Trinajstić information content (AvgIpc) is 2.96. The Labute approximate surface area is 97.8 Å². The van der Waals surface area contributed by atoms with Crippen molar-refractivity contribution >= 4 is 0 Å². The first-order valence-corrected chi connectivity index (χ1v) is 5.50. The molecule has 0 spiro atoms. The lowest BCUT2D eigenvalue weighted by molar-refractivity contribution is -0.274. The summed E-state index contributed by atoms with van der Waals surface area (Å²) in [6.45, 7) is 0.950. The second-order valence-electron chi connectivity index (χ2n) is 4.28. The van der Waals surface area contributed by atoms with Crippen LogP contribution in [0.4, 0.5) is 13.2 Å². The quantitative estimate of drug-likeness (QED) is 0.880. The fourth-order valence-electron chi connectivity index (χ4n) is 2.06. The van der Waals surface area contributed by atoms with Crippen LogP contribution in [0, 0.1) is 5.92 Å². The molecule has 1 aromatic rings. The minimum Gasteiger partial charge on any atom is -0.406 e. The molecule has 2 nitrogen and oxygen atoms in total. The monoisotopic (exact) mass is 245 g/mol. The van der Waals surface area contributed by atoms with E-state index in [-0.39, 0.29) is 5.75 Å². The highest BCUT2D eigenvalue weighted by Crippen LogP contribution is 2.47. The van der Waals surface area contributed by atoms with Gasteiger partial charge in [-0.2, -0.15) is 0 Å². The lowest BCUT2D eigenvalue weighted by Crippen LogP contribution is -2.17. The largest absolute Gasteiger partial charge is 0.573 e. The normalized spacial score (nSPS) is 23.5. The molecule has 0 saturated heterocycles. The topological polar surface area (TPSA) is 21.3 Å². The van der Waals surface area contributed by atoms with Gasteiger partial charge in [0.05, 0.1) is 0 Å². The van der Waals surface area contributed by atoms with Crippen molar-refractivity contribution in [2.45, 2.75) is 18.7 Å². The number of halogens is 3. The third kappa shape index (κ3) is 3.36. The third-order valence-electron chi connectivity index (χ3n) is 2.93. The fourth-order valence-corrected chi connectivity index (χ4v) is 2.06. The molecular weight excluding hydrogens is 231 g/mol. The molecule has 2 atom stereocenters. The lowest BCUT2D eigenvalue weighted by atomic mass is 10.1. The van der Waals surface area contributed by atoms with Gasteiger partial charge in [-0.25, -0.2) is 0 Å². The van der Waals surface area contributed by atoms with Crippen LogP contribution in [-0.2, 0) is 0 Å². The number of hydrogen-bond acceptors (Lipinski definition) is 2. The minimum absolute atomic E-state index is 0.160. The standard InChI is InChI=1S/C12H14F3NO/c1-16-7-9-6-11(9)8-2-4-10(5-3-8)17-12(13,14)15/h2-5,9,11,16H,6-7H2,1H3. The van der Waals surface area contributed by atoms with Crippen LogP contribution in [0.1, 0.15) is 17.9 Å². The Morgan fingerprint density at radius 3 is 2.47 bits per heavy atom. The summed E-state index contributed by atoms with van der Waals surface area (Å²) in [4.78, 5) is 0. The van der Waals surface area contributed by atoms with E-state index >= 15 is 0 Å². The van der Waals surface area contributed by atoms with Crippen molar-refractivity contribution in [3.8, 4) is 5.75 Å². The van der Waals surface area contributed by atoms with E-state index in [0.29, 0.717) is 11.8 Å². The number of rotatable bonds is 4. The highest BCUT2D eigenvalue weighted by Gasteiger charge is 2.37. The molecule has 2 unspecified atom stereocenters. The lowest BCUT2D eigenvalue weighted by Gasteiger charge is -2.09.